The van der Waals surface area contributed by atoms with Crippen molar-refractivity contribution in [1.29, 1.82) is 0 Å². The fraction of sp³-hybridized carbons (Fsp3) is 0.143. The van der Waals surface area contributed by atoms with Crippen LogP contribution in [0.25, 0.3) is 20.9 Å². The van der Waals surface area contributed by atoms with E-state index >= 15 is 0 Å². The molecule has 0 aliphatic heterocycles. The van der Waals surface area contributed by atoms with Crippen molar-refractivity contribution in [3.05, 3.63) is 46.8 Å². The third-order valence-electron chi connectivity index (χ3n) is 2.86. The Morgan fingerprint density at radius 3 is 2.60 bits per heavy atom. The Balaban J connectivity index is 2.63. The fourth-order valence-corrected chi connectivity index (χ4v) is 3.27. The maximum atomic E-state index is 2.29. The van der Waals surface area contributed by atoms with Gasteiger partial charge in [0.1, 0.15) is 0 Å². The van der Waals surface area contributed by atoms with Crippen molar-refractivity contribution < 1.29 is 0 Å². The van der Waals surface area contributed by atoms with Gasteiger partial charge in [-0.3, -0.25) is 0 Å². The molecule has 1 heterocycles. The Morgan fingerprint density at radius 1 is 0.933 bits per heavy atom. The lowest BCUT2D eigenvalue weighted by Crippen LogP contribution is -1.76. The highest BCUT2D eigenvalue weighted by molar-refractivity contribution is 7.20. The Kier molecular flexibility index (Phi) is 1.83. The molecule has 3 aromatic rings. The van der Waals surface area contributed by atoms with Crippen LogP contribution in [0.3, 0.4) is 0 Å². The van der Waals surface area contributed by atoms with Crippen molar-refractivity contribution in [3.8, 4) is 0 Å². The Hall–Kier alpha value is -1.34. The minimum Gasteiger partial charge on any atom is -0.140 e. The van der Waals surface area contributed by atoms with E-state index in [4.69, 9.17) is 0 Å². The summed E-state index contributed by atoms with van der Waals surface area (Å²) in [7, 11) is 0. The number of fused-ring (bicyclic) bond motifs is 3. The molecule has 0 unspecified atom stereocenters. The molecular weight excluding hydrogens is 200 g/mol. The summed E-state index contributed by atoms with van der Waals surface area (Å²) in [6.07, 6.45) is 0. The lowest BCUT2D eigenvalue weighted by molar-refractivity contribution is 1.56. The first-order valence-corrected chi connectivity index (χ1v) is 5.96. The Labute approximate surface area is 93.2 Å². The van der Waals surface area contributed by atoms with Crippen LogP contribution < -0.4 is 0 Å². The second-order valence-electron chi connectivity index (χ2n) is 4.01. The van der Waals surface area contributed by atoms with E-state index < -0.39 is 0 Å². The highest BCUT2D eigenvalue weighted by atomic mass is 32.1. The van der Waals surface area contributed by atoms with E-state index in [0.29, 0.717) is 0 Å². The molecule has 1 heteroatoms. The van der Waals surface area contributed by atoms with E-state index in [1.165, 1.54) is 31.3 Å². The zero-order chi connectivity index (χ0) is 10.4. The van der Waals surface area contributed by atoms with Crippen molar-refractivity contribution >= 4 is 32.2 Å². The van der Waals surface area contributed by atoms with Gasteiger partial charge in [-0.1, -0.05) is 30.3 Å². The van der Waals surface area contributed by atoms with Gasteiger partial charge in [-0.05, 0) is 41.6 Å². The largest absolute Gasteiger partial charge is 0.140 e. The summed E-state index contributed by atoms with van der Waals surface area (Å²) in [5.41, 5.74) is 1.38. The lowest BCUT2D eigenvalue weighted by Gasteiger charge is -2.02. The average Bonchev–Trinajstić information content (AvgIpc) is 2.61. The van der Waals surface area contributed by atoms with E-state index in [1.54, 1.807) is 0 Å². The fourth-order valence-electron chi connectivity index (χ4n) is 2.15. The molecule has 3 rings (SSSR count). The van der Waals surface area contributed by atoms with Gasteiger partial charge in [-0.2, -0.15) is 0 Å². The minimum atomic E-state index is 1.35. The van der Waals surface area contributed by atoms with E-state index in [-0.39, 0.29) is 0 Å². The normalized spacial score (nSPS) is 11.3. The number of aryl methyl sites for hydroxylation is 2. The Morgan fingerprint density at radius 2 is 1.73 bits per heavy atom. The van der Waals surface area contributed by atoms with Crippen LogP contribution in [0.15, 0.2) is 36.4 Å². The van der Waals surface area contributed by atoms with Gasteiger partial charge >= 0.3 is 0 Å². The van der Waals surface area contributed by atoms with Gasteiger partial charge < -0.3 is 0 Å². The molecule has 0 spiro atoms. The van der Waals surface area contributed by atoms with Crippen LogP contribution in [0, 0.1) is 13.8 Å². The van der Waals surface area contributed by atoms with Crippen LogP contribution in [0.5, 0.6) is 0 Å². The van der Waals surface area contributed by atoms with Gasteiger partial charge in [0.15, 0.2) is 0 Å². The zero-order valence-electron chi connectivity index (χ0n) is 8.87. The van der Waals surface area contributed by atoms with Gasteiger partial charge in [-0.25, -0.2) is 0 Å². The maximum Gasteiger partial charge on any atom is 0.0426 e. The van der Waals surface area contributed by atoms with Crippen molar-refractivity contribution in [2.45, 2.75) is 13.8 Å². The molecule has 74 valence electrons. The predicted octanol–water partition coefficient (Wildman–Crippen LogP) is 4.67. The lowest BCUT2D eigenvalue weighted by atomic mass is 10.0. The van der Waals surface area contributed by atoms with Crippen molar-refractivity contribution in [2.24, 2.45) is 0 Å². The third-order valence-corrected chi connectivity index (χ3v) is 3.94. The Bertz CT molecular complexity index is 647. The molecule has 0 amide bonds. The van der Waals surface area contributed by atoms with E-state index in [0.717, 1.165) is 0 Å². The second kappa shape index (κ2) is 3.07. The summed E-state index contributed by atoms with van der Waals surface area (Å²) < 4.78 is 1.43. The molecule has 15 heavy (non-hydrogen) atoms. The van der Waals surface area contributed by atoms with Crippen LogP contribution in [-0.2, 0) is 0 Å². The summed E-state index contributed by atoms with van der Waals surface area (Å²) in [4.78, 5) is 1.39. The standard InChI is InChI=1S/C14H12S/c1-9-7-11-5-3-4-6-12(11)14-13(9)8-10(2)15-14/h3-8H,1-2H3. The number of hydrogen-bond donors (Lipinski definition) is 0. The summed E-state index contributed by atoms with van der Waals surface area (Å²) in [6, 6.07) is 13.2. The number of hydrogen-bond acceptors (Lipinski definition) is 1. The third kappa shape index (κ3) is 1.27. The molecule has 0 saturated carbocycles. The zero-order valence-corrected chi connectivity index (χ0v) is 9.69. The van der Waals surface area contributed by atoms with Crippen molar-refractivity contribution in [2.75, 3.05) is 0 Å². The molecule has 0 bridgehead atoms. The van der Waals surface area contributed by atoms with Crippen LogP contribution in [0.4, 0.5) is 0 Å². The number of benzene rings is 2. The van der Waals surface area contributed by atoms with Crippen molar-refractivity contribution in [1.82, 2.24) is 0 Å². The quantitative estimate of drug-likeness (QED) is 0.508. The van der Waals surface area contributed by atoms with Gasteiger partial charge in [0.25, 0.3) is 0 Å². The topological polar surface area (TPSA) is 0 Å². The molecule has 0 fully saturated rings. The molecule has 0 radical (unpaired) electrons. The molecule has 0 aliphatic rings. The highest BCUT2D eigenvalue weighted by Gasteiger charge is 2.05. The van der Waals surface area contributed by atoms with Gasteiger partial charge in [0, 0.05) is 9.58 Å². The molecule has 0 N–H and O–H groups in total. The minimum absolute atomic E-state index is 1.35. The number of thiophene rings is 1. The molecule has 0 nitrogen and oxygen atoms in total. The smallest absolute Gasteiger partial charge is 0.0426 e. The van der Waals surface area contributed by atoms with Gasteiger partial charge in [0.05, 0.1) is 0 Å². The second-order valence-corrected chi connectivity index (χ2v) is 5.27. The molecule has 0 aliphatic carbocycles. The van der Waals surface area contributed by atoms with Gasteiger partial charge in [0.2, 0.25) is 0 Å². The van der Waals surface area contributed by atoms with Crippen LogP contribution in [-0.4, -0.2) is 0 Å². The van der Waals surface area contributed by atoms with Crippen LogP contribution in [0.2, 0.25) is 0 Å². The molecule has 1 aromatic heterocycles. The molecule has 2 aromatic carbocycles. The van der Waals surface area contributed by atoms with Crippen LogP contribution >= 0.6 is 11.3 Å². The first-order chi connectivity index (χ1) is 7.25. The van der Waals surface area contributed by atoms with Crippen molar-refractivity contribution in [3.63, 3.8) is 0 Å². The van der Waals surface area contributed by atoms with E-state index in [9.17, 15) is 0 Å². The van der Waals surface area contributed by atoms with Gasteiger partial charge in [-0.15, -0.1) is 11.3 Å². The predicted molar refractivity (Wildman–Crippen MR) is 68.8 cm³/mol. The highest BCUT2D eigenvalue weighted by Crippen LogP contribution is 2.34. The summed E-state index contributed by atoms with van der Waals surface area (Å²) >= 11 is 1.90. The van der Waals surface area contributed by atoms with Crippen LogP contribution in [0.1, 0.15) is 10.4 Å². The van der Waals surface area contributed by atoms with E-state index in [2.05, 4.69) is 50.2 Å². The molecular formula is C14H12S. The first kappa shape index (κ1) is 8.93. The first-order valence-electron chi connectivity index (χ1n) is 5.14. The summed E-state index contributed by atoms with van der Waals surface area (Å²) in [5, 5.41) is 4.15. The summed E-state index contributed by atoms with van der Waals surface area (Å²) in [5.74, 6) is 0. The summed E-state index contributed by atoms with van der Waals surface area (Å²) in [6.45, 7) is 4.37. The molecule has 0 atom stereocenters. The monoisotopic (exact) mass is 212 g/mol. The van der Waals surface area contributed by atoms with E-state index in [1.807, 2.05) is 11.3 Å². The average molecular weight is 212 g/mol. The SMILES string of the molecule is Cc1cc2c(C)cc3ccccc3c2s1. The maximum absolute atomic E-state index is 2.29. The molecule has 0 saturated heterocycles. The number of rotatable bonds is 0.